The summed E-state index contributed by atoms with van der Waals surface area (Å²) in [6.45, 7) is 3.34. The van der Waals surface area contributed by atoms with E-state index in [0.717, 1.165) is 18.2 Å². The monoisotopic (exact) mass is 534 g/mol. The van der Waals surface area contributed by atoms with Crippen molar-refractivity contribution in [2.75, 3.05) is 11.9 Å². The minimum atomic E-state index is -4.78. The van der Waals surface area contributed by atoms with E-state index in [9.17, 15) is 27.2 Å². The minimum Gasteiger partial charge on any atom is -0.450 e. The van der Waals surface area contributed by atoms with Crippen molar-refractivity contribution in [2.24, 2.45) is 4.99 Å². The molecule has 1 saturated carbocycles. The van der Waals surface area contributed by atoms with Crippen LogP contribution in [-0.4, -0.2) is 55.0 Å². The number of hydrogen-bond donors (Lipinski definition) is 3. The maximum atomic E-state index is 13.8. The number of hydrogen-bond acceptors (Lipinski definition) is 5. The summed E-state index contributed by atoms with van der Waals surface area (Å²) < 4.78 is 63.7. The molecule has 1 heterocycles. The summed E-state index contributed by atoms with van der Waals surface area (Å²) in [5.74, 6) is -1.86. The second-order valence-electron chi connectivity index (χ2n) is 8.47. The molecule has 0 aromatic heterocycles. The normalized spacial score (nSPS) is 24.6. The van der Waals surface area contributed by atoms with Gasteiger partial charge < -0.3 is 20.1 Å². The van der Waals surface area contributed by atoms with Crippen molar-refractivity contribution in [1.82, 2.24) is 10.6 Å². The molecule has 1 fully saturated rings. The maximum Gasteiger partial charge on any atom is 0.419 e. The number of benzene rings is 1. The number of aliphatic imine (C=N–C) groups is 1. The third-order valence-corrected chi connectivity index (χ3v) is 5.79. The van der Waals surface area contributed by atoms with Gasteiger partial charge in [-0.05, 0) is 63.8 Å². The first kappa shape index (κ1) is 27.7. The summed E-state index contributed by atoms with van der Waals surface area (Å²) in [5.41, 5.74) is -0.446. The zero-order chi connectivity index (χ0) is 26.5. The second kappa shape index (κ2) is 11.9. The highest BCUT2D eigenvalue weighted by Crippen LogP contribution is 2.34. The van der Waals surface area contributed by atoms with Gasteiger partial charge in [0.1, 0.15) is 5.82 Å². The van der Waals surface area contributed by atoms with Gasteiger partial charge in [-0.3, -0.25) is 10.1 Å². The minimum absolute atomic E-state index is 0.0755. The second-order valence-corrected chi connectivity index (χ2v) is 8.91. The number of nitrogens with zero attached hydrogens (tertiary/aromatic N) is 1. The lowest BCUT2D eigenvalue weighted by Gasteiger charge is -2.27. The van der Waals surface area contributed by atoms with E-state index in [4.69, 9.17) is 21.1 Å². The molecule has 36 heavy (non-hydrogen) atoms. The largest absolute Gasteiger partial charge is 0.450 e. The highest BCUT2D eigenvalue weighted by molar-refractivity contribution is 6.31. The number of guanidine groups is 1. The molecule has 3 N–H and O–H groups in total. The first-order valence-corrected chi connectivity index (χ1v) is 11.8. The summed E-state index contributed by atoms with van der Waals surface area (Å²) in [7, 11) is 0. The van der Waals surface area contributed by atoms with Gasteiger partial charge in [0.05, 0.1) is 24.3 Å². The third kappa shape index (κ3) is 7.82. The maximum absolute atomic E-state index is 13.8. The number of halogens is 5. The van der Waals surface area contributed by atoms with Crippen LogP contribution in [0.4, 0.5) is 28.0 Å². The number of alkyl carbamates (subject to hydrolysis) is 1. The van der Waals surface area contributed by atoms with Gasteiger partial charge >= 0.3 is 12.3 Å². The standard InChI is InChI=1S/C23H27ClF4N4O4/c1-3-35-22(34)31-16-6-4-15(5-7-16)29-21(30-17-10-13(24)9-14(25)11-17)32-20(33)18-8-12(2)36-19(18)23(26,27)28/h8-12,15-16,19H,3-7H2,1-2H3,(H,31,34)(H2,29,30,32,33). The summed E-state index contributed by atoms with van der Waals surface area (Å²) >= 11 is 5.90. The molecule has 1 aromatic rings. The highest BCUT2D eigenvalue weighted by atomic mass is 35.5. The van der Waals surface area contributed by atoms with E-state index >= 15 is 0 Å². The Balaban J connectivity index is 1.76. The van der Waals surface area contributed by atoms with Crippen molar-refractivity contribution in [1.29, 1.82) is 0 Å². The Kier molecular flexibility index (Phi) is 9.18. The smallest absolute Gasteiger partial charge is 0.419 e. The van der Waals surface area contributed by atoms with Gasteiger partial charge in [-0.15, -0.1) is 0 Å². The van der Waals surface area contributed by atoms with Gasteiger partial charge in [-0.1, -0.05) is 11.6 Å². The molecule has 1 aliphatic carbocycles. The van der Waals surface area contributed by atoms with Crippen LogP contribution in [0.25, 0.3) is 0 Å². The topological polar surface area (TPSA) is 101 Å². The Morgan fingerprint density at radius 1 is 1.19 bits per heavy atom. The number of nitrogens with one attached hydrogen (secondary N) is 3. The molecule has 8 nitrogen and oxygen atoms in total. The third-order valence-electron chi connectivity index (χ3n) is 5.57. The van der Waals surface area contributed by atoms with Gasteiger partial charge in [-0.2, -0.15) is 13.2 Å². The number of carbonyl (C=O) groups excluding carboxylic acids is 2. The number of rotatable bonds is 5. The van der Waals surface area contributed by atoms with E-state index in [1.807, 2.05) is 0 Å². The summed E-state index contributed by atoms with van der Waals surface area (Å²) in [6, 6.07) is 3.13. The van der Waals surface area contributed by atoms with Crippen LogP contribution in [0.15, 0.2) is 34.8 Å². The van der Waals surface area contributed by atoms with Gasteiger partial charge in [-0.25, -0.2) is 14.2 Å². The first-order valence-electron chi connectivity index (χ1n) is 11.4. The fourth-order valence-corrected chi connectivity index (χ4v) is 4.25. The molecule has 1 aromatic carbocycles. The quantitative estimate of drug-likeness (QED) is 0.289. The van der Waals surface area contributed by atoms with Crippen LogP contribution >= 0.6 is 11.6 Å². The average Bonchev–Trinajstić information content (AvgIpc) is 3.17. The Hall–Kier alpha value is -2.86. The number of anilines is 1. The van der Waals surface area contributed by atoms with Gasteiger partial charge in [0.15, 0.2) is 6.10 Å². The molecule has 2 unspecified atom stereocenters. The van der Waals surface area contributed by atoms with Gasteiger partial charge in [0.25, 0.3) is 5.91 Å². The summed E-state index contributed by atoms with van der Waals surface area (Å²) in [5, 5.41) is 7.95. The van der Waals surface area contributed by atoms with Crippen molar-refractivity contribution in [2.45, 2.75) is 70.0 Å². The summed E-state index contributed by atoms with van der Waals surface area (Å²) in [4.78, 5) is 28.9. The lowest BCUT2D eigenvalue weighted by atomic mass is 9.92. The van der Waals surface area contributed by atoms with E-state index in [1.54, 1.807) is 6.92 Å². The molecular formula is C23H27ClF4N4O4. The van der Waals surface area contributed by atoms with Crippen molar-refractivity contribution in [3.05, 3.63) is 40.7 Å². The van der Waals surface area contributed by atoms with E-state index in [-0.39, 0.29) is 35.4 Å². The first-order chi connectivity index (χ1) is 16.9. The zero-order valence-electron chi connectivity index (χ0n) is 19.6. The van der Waals surface area contributed by atoms with Gasteiger partial charge in [0.2, 0.25) is 5.96 Å². The van der Waals surface area contributed by atoms with Crippen LogP contribution in [0, 0.1) is 5.82 Å². The molecule has 0 spiro atoms. The average molecular weight is 535 g/mol. The molecular weight excluding hydrogens is 508 g/mol. The van der Waals surface area contributed by atoms with Crippen LogP contribution in [0.1, 0.15) is 39.5 Å². The molecule has 1 aliphatic heterocycles. The van der Waals surface area contributed by atoms with Crippen LogP contribution < -0.4 is 16.0 Å². The zero-order valence-corrected chi connectivity index (χ0v) is 20.4. The number of alkyl halides is 3. The van der Waals surface area contributed by atoms with Crippen LogP contribution in [-0.2, 0) is 14.3 Å². The SMILES string of the molecule is CCOC(=O)NC1CCC(N=C(NC(=O)C2=CC(C)OC2C(F)(F)F)Nc2cc(F)cc(Cl)c2)CC1. The molecule has 198 valence electrons. The van der Waals surface area contributed by atoms with Crippen LogP contribution in [0.2, 0.25) is 5.02 Å². The fraction of sp³-hybridized carbons (Fsp3) is 0.522. The lowest BCUT2D eigenvalue weighted by Crippen LogP contribution is -2.43. The molecule has 2 amide bonds. The molecule has 0 radical (unpaired) electrons. The number of ether oxygens (including phenoxy) is 2. The predicted octanol–water partition coefficient (Wildman–Crippen LogP) is 4.70. The van der Waals surface area contributed by atoms with Crippen molar-refractivity contribution in [3.8, 4) is 0 Å². The van der Waals surface area contributed by atoms with Crippen molar-refractivity contribution < 1.29 is 36.6 Å². The van der Waals surface area contributed by atoms with Crippen LogP contribution in [0.5, 0.6) is 0 Å². The molecule has 0 bridgehead atoms. The van der Waals surface area contributed by atoms with E-state index < -0.39 is 41.8 Å². The molecule has 2 atom stereocenters. The predicted molar refractivity (Wildman–Crippen MR) is 125 cm³/mol. The molecule has 3 rings (SSSR count). The summed E-state index contributed by atoms with van der Waals surface area (Å²) in [6.07, 6.45) is -5.28. The molecule has 13 heteroatoms. The van der Waals surface area contributed by atoms with E-state index in [0.29, 0.717) is 25.7 Å². The van der Waals surface area contributed by atoms with Crippen molar-refractivity contribution >= 4 is 35.2 Å². The Labute approximate surface area is 210 Å². The number of amides is 2. The van der Waals surface area contributed by atoms with Gasteiger partial charge in [0, 0.05) is 16.8 Å². The highest BCUT2D eigenvalue weighted by Gasteiger charge is 2.49. The van der Waals surface area contributed by atoms with Crippen LogP contribution in [0.3, 0.4) is 0 Å². The van der Waals surface area contributed by atoms with E-state index in [2.05, 4.69) is 20.9 Å². The Morgan fingerprint density at radius 2 is 1.89 bits per heavy atom. The Morgan fingerprint density at radius 3 is 2.50 bits per heavy atom. The van der Waals surface area contributed by atoms with Crippen molar-refractivity contribution in [3.63, 3.8) is 0 Å². The molecule has 0 saturated heterocycles. The molecule has 2 aliphatic rings. The Bertz CT molecular complexity index is 1010. The fourth-order valence-electron chi connectivity index (χ4n) is 4.03. The van der Waals surface area contributed by atoms with E-state index in [1.165, 1.54) is 13.0 Å². The number of carbonyl (C=O) groups is 2. The lowest BCUT2D eigenvalue weighted by molar-refractivity contribution is -0.207.